The molecule has 0 saturated carbocycles. The summed E-state index contributed by atoms with van der Waals surface area (Å²) in [5.41, 5.74) is -0.775. The Morgan fingerprint density at radius 3 is 2.67 bits per heavy atom. The zero-order valence-corrected chi connectivity index (χ0v) is 11.1. The van der Waals surface area contributed by atoms with Crippen LogP contribution >= 0.6 is 0 Å². The molecule has 0 spiro atoms. The van der Waals surface area contributed by atoms with Gasteiger partial charge < -0.3 is 15.3 Å². The number of hydrogen-bond donors (Lipinski definition) is 2. The number of piperidine rings is 1. The number of nitrogens with zero attached hydrogens (tertiary/aromatic N) is 1. The summed E-state index contributed by atoms with van der Waals surface area (Å²) in [5, 5.41) is 12.5. The van der Waals surface area contributed by atoms with Crippen molar-refractivity contribution in [1.29, 1.82) is 0 Å². The van der Waals surface area contributed by atoms with Crippen molar-refractivity contribution >= 4 is 11.9 Å². The highest BCUT2D eigenvalue weighted by Crippen LogP contribution is 2.31. The molecular formula is C13H22N2O3. The minimum Gasteiger partial charge on any atom is -0.481 e. The van der Waals surface area contributed by atoms with Gasteiger partial charge in [0.25, 0.3) is 0 Å². The van der Waals surface area contributed by atoms with Crippen molar-refractivity contribution in [1.82, 2.24) is 10.2 Å². The van der Waals surface area contributed by atoms with Crippen molar-refractivity contribution in [2.75, 3.05) is 26.2 Å². The summed E-state index contributed by atoms with van der Waals surface area (Å²) >= 11 is 0. The van der Waals surface area contributed by atoms with Crippen LogP contribution in [-0.4, -0.2) is 48.1 Å². The number of nitrogens with one attached hydrogen (secondary N) is 1. The first-order valence-corrected chi connectivity index (χ1v) is 6.67. The first-order chi connectivity index (χ1) is 8.44. The van der Waals surface area contributed by atoms with Gasteiger partial charge in [-0.2, -0.15) is 0 Å². The summed E-state index contributed by atoms with van der Waals surface area (Å²) in [7, 11) is 0. The van der Waals surface area contributed by atoms with E-state index in [4.69, 9.17) is 0 Å². The number of amides is 1. The molecule has 2 fully saturated rings. The molecule has 0 aromatic rings. The molecule has 2 aliphatic rings. The Morgan fingerprint density at radius 1 is 1.39 bits per heavy atom. The zero-order valence-electron chi connectivity index (χ0n) is 11.1. The van der Waals surface area contributed by atoms with Crippen LogP contribution in [0.5, 0.6) is 0 Å². The summed E-state index contributed by atoms with van der Waals surface area (Å²) in [4.78, 5) is 25.4. The van der Waals surface area contributed by atoms with E-state index in [0.29, 0.717) is 25.4 Å². The molecule has 0 radical (unpaired) electrons. The lowest BCUT2D eigenvalue weighted by atomic mass is 9.81. The second-order valence-corrected chi connectivity index (χ2v) is 5.97. The fourth-order valence-electron chi connectivity index (χ4n) is 2.98. The van der Waals surface area contributed by atoms with Gasteiger partial charge >= 0.3 is 5.97 Å². The highest BCUT2D eigenvalue weighted by atomic mass is 16.4. The van der Waals surface area contributed by atoms with E-state index in [-0.39, 0.29) is 11.8 Å². The monoisotopic (exact) mass is 254 g/mol. The molecule has 18 heavy (non-hydrogen) atoms. The molecule has 0 aromatic heterocycles. The number of rotatable bonds is 2. The molecule has 3 atom stereocenters. The van der Waals surface area contributed by atoms with Crippen LogP contribution in [-0.2, 0) is 9.59 Å². The Bertz CT molecular complexity index is 358. The third-order valence-corrected chi connectivity index (χ3v) is 4.36. The molecule has 2 aliphatic heterocycles. The maximum atomic E-state index is 12.4. The molecule has 2 saturated heterocycles. The molecule has 3 unspecified atom stereocenters. The van der Waals surface area contributed by atoms with Gasteiger partial charge in [-0.3, -0.25) is 9.59 Å². The van der Waals surface area contributed by atoms with Crippen molar-refractivity contribution in [3.63, 3.8) is 0 Å². The van der Waals surface area contributed by atoms with Crippen LogP contribution in [0.4, 0.5) is 0 Å². The van der Waals surface area contributed by atoms with Crippen molar-refractivity contribution in [3.8, 4) is 0 Å². The van der Waals surface area contributed by atoms with Crippen molar-refractivity contribution < 1.29 is 14.7 Å². The van der Waals surface area contributed by atoms with Crippen LogP contribution in [0.3, 0.4) is 0 Å². The average molecular weight is 254 g/mol. The van der Waals surface area contributed by atoms with E-state index in [0.717, 1.165) is 19.5 Å². The molecule has 102 valence electrons. The Labute approximate surface area is 108 Å². The molecule has 0 aliphatic carbocycles. The Balaban J connectivity index is 2.05. The smallest absolute Gasteiger partial charge is 0.311 e. The molecule has 2 heterocycles. The van der Waals surface area contributed by atoms with Gasteiger partial charge in [-0.05, 0) is 32.2 Å². The lowest BCUT2D eigenvalue weighted by Crippen LogP contribution is -2.50. The predicted octanol–water partition coefficient (Wildman–Crippen LogP) is 0.555. The van der Waals surface area contributed by atoms with Crippen LogP contribution < -0.4 is 5.32 Å². The van der Waals surface area contributed by atoms with E-state index in [1.165, 1.54) is 0 Å². The molecule has 1 amide bonds. The highest BCUT2D eigenvalue weighted by molar-refractivity contribution is 5.81. The van der Waals surface area contributed by atoms with E-state index >= 15 is 0 Å². The summed E-state index contributed by atoms with van der Waals surface area (Å²) in [5.74, 6) is -0.311. The third kappa shape index (κ3) is 2.36. The second kappa shape index (κ2) is 4.88. The molecular weight excluding hydrogens is 232 g/mol. The number of hydrogen-bond acceptors (Lipinski definition) is 3. The number of carbonyl (C=O) groups is 2. The summed E-state index contributed by atoms with van der Waals surface area (Å²) < 4.78 is 0. The second-order valence-electron chi connectivity index (χ2n) is 5.97. The summed E-state index contributed by atoms with van der Waals surface area (Å²) in [6.45, 7) is 6.46. The maximum absolute atomic E-state index is 12.4. The van der Waals surface area contributed by atoms with Gasteiger partial charge in [0.2, 0.25) is 5.91 Å². The minimum absolute atomic E-state index is 0.0149. The van der Waals surface area contributed by atoms with Gasteiger partial charge in [0.05, 0.1) is 11.3 Å². The Hall–Kier alpha value is -1.10. The highest BCUT2D eigenvalue weighted by Gasteiger charge is 2.42. The van der Waals surface area contributed by atoms with Gasteiger partial charge in [0, 0.05) is 19.6 Å². The number of carboxylic acids is 1. The molecule has 2 N–H and O–H groups in total. The van der Waals surface area contributed by atoms with Crippen LogP contribution in [0.25, 0.3) is 0 Å². The van der Waals surface area contributed by atoms with E-state index < -0.39 is 11.4 Å². The van der Waals surface area contributed by atoms with Crippen molar-refractivity contribution in [3.05, 3.63) is 0 Å². The first-order valence-electron chi connectivity index (χ1n) is 6.67. The predicted molar refractivity (Wildman–Crippen MR) is 67.1 cm³/mol. The third-order valence-electron chi connectivity index (χ3n) is 4.36. The molecule has 0 aromatic carbocycles. The normalized spacial score (nSPS) is 36.7. The number of carboxylic acid groups (broad SMARTS) is 1. The van der Waals surface area contributed by atoms with Gasteiger partial charge in [0.1, 0.15) is 0 Å². The molecule has 5 heteroatoms. The van der Waals surface area contributed by atoms with Crippen molar-refractivity contribution in [2.45, 2.75) is 26.7 Å². The maximum Gasteiger partial charge on any atom is 0.311 e. The van der Waals surface area contributed by atoms with Crippen LogP contribution in [0.2, 0.25) is 0 Å². The minimum atomic E-state index is -0.794. The zero-order chi connectivity index (χ0) is 13.3. The van der Waals surface area contributed by atoms with Gasteiger partial charge in [0.15, 0.2) is 0 Å². The number of likely N-dealkylation sites (tertiary alicyclic amines) is 1. The van der Waals surface area contributed by atoms with Crippen LogP contribution in [0.15, 0.2) is 0 Å². The topological polar surface area (TPSA) is 69.6 Å². The SMILES string of the molecule is CC1CNCC1C(=O)N1CCCC(C)(C(=O)O)C1. The van der Waals surface area contributed by atoms with E-state index in [1.54, 1.807) is 11.8 Å². The fourth-order valence-corrected chi connectivity index (χ4v) is 2.98. The van der Waals surface area contributed by atoms with E-state index in [9.17, 15) is 14.7 Å². The quantitative estimate of drug-likeness (QED) is 0.755. The average Bonchev–Trinajstić information content (AvgIpc) is 2.74. The number of carbonyl (C=O) groups excluding carboxylic acids is 1. The van der Waals surface area contributed by atoms with Gasteiger partial charge in [-0.1, -0.05) is 6.92 Å². The van der Waals surface area contributed by atoms with Crippen LogP contribution in [0.1, 0.15) is 26.7 Å². The van der Waals surface area contributed by atoms with Crippen molar-refractivity contribution in [2.24, 2.45) is 17.3 Å². The lowest BCUT2D eigenvalue weighted by molar-refractivity contribution is -0.154. The molecule has 5 nitrogen and oxygen atoms in total. The Kier molecular flexibility index (Phi) is 3.61. The summed E-state index contributed by atoms with van der Waals surface area (Å²) in [6, 6.07) is 0. The van der Waals surface area contributed by atoms with Crippen LogP contribution in [0, 0.1) is 17.3 Å². The molecule has 2 rings (SSSR count). The largest absolute Gasteiger partial charge is 0.481 e. The Morgan fingerprint density at radius 2 is 2.11 bits per heavy atom. The standard InChI is InChI=1S/C13H22N2O3/c1-9-6-14-7-10(9)11(16)15-5-3-4-13(2,8-15)12(17)18/h9-10,14H,3-8H2,1-2H3,(H,17,18). The summed E-state index contributed by atoms with van der Waals surface area (Å²) in [6.07, 6.45) is 1.44. The van der Waals surface area contributed by atoms with E-state index in [1.807, 2.05) is 0 Å². The molecule has 0 bridgehead atoms. The number of aliphatic carboxylic acids is 1. The van der Waals surface area contributed by atoms with Gasteiger partial charge in [-0.25, -0.2) is 0 Å². The van der Waals surface area contributed by atoms with E-state index in [2.05, 4.69) is 12.2 Å². The lowest BCUT2D eigenvalue weighted by Gasteiger charge is -2.39. The van der Waals surface area contributed by atoms with Gasteiger partial charge in [-0.15, -0.1) is 0 Å². The first kappa shape index (κ1) is 13.3. The fraction of sp³-hybridized carbons (Fsp3) is 0.846.